The van der Waals surface area contributed by atoms with Crippen molar-refractivity contribution in [2.24, 2.45) is 11.8 Å². The summed E-state index contributed by atoms with van der Waals surface area (Å²) in [6, 6.07) is 15.7. The summed E-state index contributed by atoms with van der Waals surface area (Å²) in [5.74, 6) is -1.93. The fourth-order valence-corrected chi connectivity index (χ4v) is 5.41. The van der Waals surface area contributed by atoms with Gasteiger partial charge in [0.2, 0.25) is 5.91 Å². The monoisotopic (exact) mass is 478 g/mol. The van der Waals surface area contributed by atoms with Crippen LogP contribution in [0.2, 0.25) is 0 Å². The number of aliphatic carboxylic acids is 1. The van der Waals surface area contributed by atoms with E-state index in [4.69, 9.17) is 9.47 Å². The molecule has 0 bridgehead atoms. The van der Waals surface area contributed by atoms with Crippen LogP contribution in [0, 0.1) is 11.8 Å². The topological polar surface area (TPSA) is 114 Å². The maximum Gasteiger partial charge on any atom is 0.407 e. The van der Waals surface area contributed by atoms with Crippen molar-refractivity contribution in [3.8, 4) is 11.1 Å². The van der Waals surface area contributed by atoms with Crippen molar-refractivity contribution >= 4 is 18.0 Å². The Hall–Kier alpha value is -3.39. The van der Waals surface area contributed by atoms with E-state index in [2.05, 4.69) is 34.9 Å². The number of nitrogens with one attached hydrogen (secondary N) is 2. The number of alkyl carbamates (subject to hydrolysis) is 1. The number of rotatable bonds is 8. The molecule has 2 fully saturated rings. The van der Waals surface area contributed by atoms with Crippen LogP contribution in [-0.4, -0.2) is 54.5 Å². The normalized spacial score (nSPS) is 22.5. The van der Waals surface area contributed by atoms with Crippen LogP contribution in [0.4, 0.5) is 4.79 Å². The summed E-state index contributed by atoms with van der Waals surface area (Å²) >= 11 is 0. The van der Waals surface area contributed by atoms with E-state index in [1.165, 1.54) is 0 Å². The lowest BCUT2D eigenvalue weighted by Crippen LogP contribution is -2.53. The molecule has 2 amide bonds. The number of fused-ring (bicyclic) bond motifs is 3. The predicted octanol–water partition coefficient (Wildman–Crippen LogP) is 3.30. The lowest BCUT2D eigenvalue weighted by molar-refractivity contribution is -0.142. The molecule has 1 aliphatic heterocycles. The quantitative estimate of drug-likeness (QED) is 0.537. The van der Waals surface area contributed by atoms with Crippen molar-refractivity contribution in [3.05, 3.63) is 59.7 Å². The maximum absolute atomic E-state index is 12.9. The summed E-state index contributed by atoms with van der Waals surface area (Å²) in [5, 5.41) is 15.0. The minimum absolute atomic E-state index is 0.0426. The summed E-state index contributed by atoms with van der Waals surface area (Å²) < 4.78 is 10.9. The number of benzene rings is 2. The Bertz CT molecular complexity index is 1100. The molecule has 1 saturated carbocycles. The van der Waals surface area contributed by atoms with Gasteiger partial charge >= 0.3 is 12.1 Å². The number of carbonyl (C=O) groups is 3. The van der Waals surface area contributed by atoms with Crippen LogP contribution in [0.5, 0.6) is 0 Å². The molecule has 5 rings (SSSR count). The van der Waals surface area contributed by atoms with Crippen LogP contribution in [-0.2, 0) is 19.1 Å². The average molecular weight is 479 g/mol. The lowest BCUT2D eigenvalue weighted by atomic mass is 9.91. The molecule has 3 N–H and O–H groups in total. The number of amides is 2. The highest BCUT2D eigenvalue weighted by molar-refractivity contribution is 5.81. The second-order valence-electron chi connectivity index (χ2n) is 9.98. The third kappa shape index (κ3) is 4.75. The number of hydrogen-bond donors (Lipinski definition) is 3. The van der Waals surface area contributed by atoms with Gasteiger partial charge in [0.15, 0.2) is 0 Å². The van der Waals surface area contributed by atoms with Crippen molar-refractivity contribution in [2.45, 2.75) is 43.7 Å². The molecule has 3 aliphatic rings. The summed E-state index contributed by atoms with van der Waals surface area (Å²) in [6.07, 6.45) is 1.32. The third-order valence-corrected chi connectivity index (χ3v) is 7.48. The fraction of sp³-hybridized carbons (Fsp3) is 0.444. The van der Waals surface area contributed by atoms with Gasteiger partial charge in [0, 0.05) is 12.3 Å². The molecule has 8 heteroatoms. The van der Waals surface area contributed by atoms with E-state index in [-0.39, 0.29) is 44.0 Å². The first-order valence-corrected chi connectivity index (χ1v) is 12.1. The zero-order valence-corrected chi connectivity index (χ0v) is 19.7. The van der Waals surface area contributed by atoms with Crippen molar-refractivity contribution in [1.29, 1.82) is 0 Å². The molecule has 35 heavy (non-hydrogen) atoms. The number of carboxylic acids is 1. The van der Waals surface area contributed by atoms with Gasteiger partial charge in [0.25, 0.3) is 0 Å². The molecule has 1 heterocycles. The van der Waals surface area contributed by atoms with Crippen LogP contribution in [0.25, 0.3) is 11.1 Å². The first kappa shape index (κ1) is 23.4. The van der Waals surface area contributed by atoms with Crippen molar-refractivity contribution < 1.29 is 29.0 Å². The zero-order chi connectivity index (χ0) is 24.6. The smallest absolute Gasteiger partial charge is 0.407 e. The van der Waals surface area contributed by atoms with Gasteiger partial charge in [-0.05, 0) is 47.9 Å². The number of carbonyl (C=O) groups excluding carboxylic acids is 2. The largest absolute Gasteiger partial charge is 0.481 e. The van der Waals surface area contributed by atoms with Gasteiger partial charge < -0.3 is 25.2 Å². The van der Waals surface area contributed by atoms with E-state index in [9.17, 15) is 19.5 Å². The molecule has 1 saturated heterocycles. The third-order valence-electron chi connectivity index (χ3n) is 7.48. The van der Waals surface area contributed by atoms with Gasteiger partial charge in [-0.1, -0.05) is 48.5 Å². The van der Waals surface area contributed by atoms with Crippen LogP contribution >= 0.6 is 0 Å². The van der Waals surface area contributed by atoms with E-state index >= 15 is 0 Å². The predicted molar refractivity (Wildman–Crippen MR) is 128 cm³/mol. The molecule has 2 aromatic rings. The van der Waals surface area contributed by atoms with Crippen LogP contribution in [0.1, 0.15) is 43.2 Å². The van der Waals surface area contributed by atoms with Gasteiger partial charge in [-0.2, -0.15) is 0 Å². The Morgan fingerprint density at radius 1 is 1.03 bits per heavy atom. The summed E-state index contributed by atoms with van der Waals surface area (Å²) in [5.41, 5.74) is 3.82. The number of ether oxygens (including phenoxy) is 2. The zero-order valence-electron chi connectivity index (χ0n) is 19.7. The minimum atomic E-state index is -0.991. The highest BCUT2D eigenvalue weighted by atomic mass is 16.5. The van der Waals surface area contributed by atoms with E-state index in [1.807, 2.05) is 31.2 Å². The Labute approximate surface area is 204 Å². The van der Waals surface area contributed by atoms with E-state index in [1.54, 1.807) is 0 Å². The Morgan fingerprint density at radius 2 is 1.66 bits per heavy atom. The Balaban J connectivity index is 1.21. The molecule has 3 atom stereocenters. The first-order chi connectivity index (χ1) is 16.9. The van der Waals surface area contributed by atoms with Crippen LogP contribution in [0.3, 0.4) is 0 Å². The van der Waals surface area contributed by atoms with Crippen LogP contribution in [0.15, 0.2) is 48.5 Å². The SMILES string of the molecule is CC(CC(=O)NC1COCC1C(=O)O)(NC(=O)OCC1c2ccccc2-c2ccccc21)C1CC1. The molecule has 2 aromatic carbocycles. The second kappa shape index (κ2) is 9.34. The van der Waals surface area contributed by atoms with E-state index in [0.29, 0.717) is 0 Å². The molecule has 3 unspecified atom stereocenters. The standard InChI is InChI=1S/C27H30N2O6/c1-27(16-10-11-16,12-24(30)28-23-15-34-13-22(23)25(31)32)29-26(33)35-14-21-19-8-4-2-6-17(19)18-7-3-5-9-20(18)21/h2-9,16,21-23H,10-15H2,1H3,(H,28,30)(H,29,33)(H,31,32). The van der Waals surface area contributed by atoms with Crippen molar-refractivity contribution in [2.75, 3.05) is 19.8 Å². The first-order valence-electron chi connectivity index (χ1n) is 12.1. The van der Waals surface area contributed by atoms with E-state index < -0.39 is 29.6 Å². The van der Waals surface area contributed by atoms with Gasteiger partial charge in [-0.3, -0.25) is 9.59 Å². The summed E-state index contributed by atoms with van der Waals surface area (Å²) in [7, 11) is 0. The number of carboxylic acid groups (broad SMARTS) is 1. The molecule has 184 valence electrons. The number of hydrogen-bond acceptors (Lipinski definition) is 5. The average Bonchev–Trinajstić information content (AvgIpc) is 3.52. The maximum atomic E-state index is 12.9. The molecule has 2 aliphatic carbocycles. The fourth-order valence-electron chi connectivity index (χ4n) is 5.41. The highest BCUT2D eigenvalue weighted by Gasteiger charge is 2.45. The summed E-state index contributed by atoms with van der Waals surface area (Å²) in [6.45, 7) is 2.30. The Morgan fingerprint density at radius 3 is 2.26 bits per heavy atom. The van der Waals surface area contributed by atoms with Gasteiger partial charge in [-0.25, -0.2) is 4.79 Å². The lowest BCUT2D eigenvalue weighted by Gasteiger charge is -2.31. The van der Waals surface area contributed by atoms with Crippen molar-refractivity contribution in [1.82, 2.24) is 10.6 Å². The van der Waals surface area contributed by atoms with Crippen LogP contribution < -0.4 is 10.6 Å². The molecule has 8 nitrogen and oxygen atoms in total. The molecule has 0 aromatic heterocycles. The van der Waals surface area contributed by atoms with Gasteiger partial charge in [0.05, 0.1) is 24.8 Å². The molecular weight excluding hydrogens is 448 g/mol. The second-order valence-corrected chi connectivity index (χ2v) is 9.98. The molecule has 0 radical (unpaired) electrons. The van der Waals surface area contributed by atoms with E-state index in [0.717, 1.165) is 35.1 Å². The van der Waals surface area contributed by atoms with Gasteiger partial charge in [0.1, 0.15) is 12.5 Å². The molecular formula is C27H30N2O6. The minimum Gasteiger partial charge on any atom is -0.481 e. The van der Waals surface area contributed by atoms with Gasteiger partial charge in [-0.15, -0.1) is 0 Å². The van der Waals surface area contributed by atoms with Crippen molar-refractivity contribution in [3.63, 3.8) is 0 Å². The highest BCUT2D eigenvalue weighted by Crippen LogP contribution is 2.45. The molecule has 0 spiro atoms. The summed E-state index contributed by atoms with van der Waals surface area (Å²) in [4.78, 5) is 37.0. The Kier molecular flexibility index (Phi) is 6.23.